The maximum absolute atomic E-state index is 13.8. The smallest absolute Gasteiger partial charge is 0.306 e. The molecule has 2 rings (SSSR count). The Bertz CT molecular complexity index is 672. The molecule has 1 fully saturated rings. The highest BCUT2D eigenvalue weighted by molar-refractivity contribution is 9.10. The number of aliphatic carboxylic acids is 1. The molecule has 1 aromatic carbocycles. The first-order chi connectivity index (χ1) is 9.73. The predicted octanol–water partition coefficient (Wildman–Crippen LogP) is 2.21. The molecule has 0 saturated carbocycles. The van der Waals surface area contributed by atoms with Gasteiger partial charge in [-0.2, -0.15) is 4.31 Å². The summed E-state index contributed by atoms with van der Waals surface area (Å²) in [4.78, 5) is 10.1. The number of rotatable bonds is 3. The largest absolute Gasteiger partial charge is 0.481 e. The molecule has 1 aliphatic rings. The van der Waals surface area contributed by atoms with Crippen LogP contribution in [0.5, 0.6) is 0 Å². The monoisotopic (exact) mass is 383 g/mol. The fourth-order valence-corrected chi connectivity index (χ4v) is 4.03. The van der Waals surface area contributed by atoms with Crippen LogP contribution in [0, 0.1) is 17.6 Å². The topological polar surface area (TPSA) is 74.7 Å². The summed E-state index contributed by atoms with van der Waals surface area (Å²) in [6.45, 7) is -0.0627. The quantitative estimate of drug-likeness (QED) is 0.812. The first-order valence-corrected chi connectivity index (χ1v) is 8.34. The van der Waals surface area contributed by atoms with E-state index in [4.69, 9.17) is 5.11 Å². The van der Waals surface area contributed by atoms with E-state index in [0.717, 1.165) is 10.4 Å². The summed E-state index contributed by atoms with van der Waals surface area (Å²) in [5.41, 5.74) is 0. The van der Waals surface area contributed by atoms with Gasteiger partial charge in [-0.15, -0.1) is 0 Å². The molecule has 5 nitrogen and oxygen atoms in total. The highest BCUT2D eigenvalue weighted by Gasteiger charge is 2.34. The van der Waals surface area contributed by atoms with Gasteiger partial charge in [0, 0.05) is 13.1 Å². The molecule has 0 atom stereocenters. The molecule has 1 aliphatic heterocycles. The highest BCUT2D eigenvalue weighted by atomic mass is 79.9. The van der Waals surface area contributed by atoms with Crippen LogP contribution in [0.1, 0.15) is 12.8 Å². The van der Waals surface area contributed by atoms with Crippen molar-refractivity contribution in [1.82, 2.24) is 4.31 Å². The van der Waals surface area contributed by atoms with E-state index >= 15 is 0 Å². The lowest BCUT2D eigenvalue weighted by Crippen LogP contribution is -2.40. The van der Waals surface area contributed by atoms with Crippen molar-refractivity contribution in [2.75, 3.05) is 13.1 Å². The van der Waals surface area contributed by atoms with Gasteiger partial charge in [-0.05, 0) is 40.9 Å². The van der Waals surface area contributed by atoms with E-state index < -0.39 is 38.4 Å². The maximum Gasteiger partial charge on any atom is 0.306 e. The van der Waals surface area contributed by atoms with Crippen molar-refractivity contribution in [3.05, 3.63) is 28.2 Å². The van der Waals surface area contributed by atoms with Gasteiger partial charge in [-0.3, -0.25) is 4.79 Å². The van der Waals surface area contributed by atoms with Crippen molar-refractivity contribution < 1.29 is 27.1 Å². The molecule has 1 saturated heterocycles. The molecular weight excluding hydrogens is 372 g/mol. The molecule has 9 heteroatoms. The number of nitrogens with zero attached hydrogens (tertiary/aromatic N) is 1. The molecule has 1 aromatic rings. The van der Waals surface area contributed by atoms with Crippen molar-refractivity contribution in [1.29, 1.82) is 0 Å². The number of benzene rings is 1. The number of carboxylic acid groups (broad SMARTS) is 1. The summed E-state index contributed by atoms with van der Waals surface area (Å²) in [6, 6.07) is 1.38. The van der Waals surface area contributed by atoms with Gasteiger partial charge in [0.1, 0.15) is 16.5 Å². The second-order valence-corrected chi connectivity index (χ2v) is 7.47. The molecule has 1 N–H and O–H groups in total. The minimum atomic E-state index is -4.18. The zero-order valence-corrected chi connectivity index (χ0v) is 13.1. The van der Waals surface area contributed by atoms with E-state index in [2.05, 4.69) is 15.9 Å². The lowest BCUT2D eigenvalue weighted by molar-refractivity contribution is -0.142. The van der Waals surface area contributed by atoms with Crippen molar-refractivity contribution in [2.45, 2.75) is 17.7 Å². The lowest BCUT2D eigenvalue weighted by Gasteiger charge is -2.29. The van der Waals surface area contributed by atoms with Gasteiger partial charge in [0.25, 0.3) is 0 Å². The van der Waals surface area contributed by atoms with Crippen LogP contribution in [0.2, 0.25) is 0 Å². The van der Waals surface area contributed by atoms with Gasteiger partial charge >= 0.3 is 5.97 Å². The van der Waals surface area contributed by atoms with Crippen LogP contribution in [0.15, 0.2) is 21.5 Å². The molecule has 0 aromatic heterocycles. The zero-order chi connectivity index (χ0) is 15.8. The Morgan fingerprint density at radius 1 is 1.24 bits per heavy atom. The fourth-order valence-electron chi connectivity index (χ4n) is 2.18. The van der Waals surface area contributed by atoms with Crippen molar-refractivity contribution >= 4 is 31.9 Å². The first-order valence-electron chi connectivity index (χ1n) is 6.11. The number of carboxylic acids is 1. The molecule has 116 valence electrons. The summed E-state index contributed by atoms with van der Waals surface area (Å²) in [5.74, 6) is -3.52. The maximum atomic E-state index is 13.8. The predicted molar refractivity (Wildman–Crippen MR) is 73.2 cm³/mol. The van der Waals surface area contributed by atoms with Crippen LogP contribution in [0.4, 0.5) is 8.78 Å². The van der Waals surface area contributed by atoms with E-state index in [1.165, 1.54) is 0 Å². The number of halogens is 3. The Morgan fingerprint density at radius 2 is 1.81 bits per heavy atom. The molecule has 0 bridgehead atoms. The molecule has 0 amide bonds. The van der Waals surface area contributed by atoms with Crippen LogP contribution >= 0.6 is 15.9 Å². The Balaban J connectivity index is 2.28. The van der Waals surface area contributed by atoms with Gasteiger partial charge in [0.2, 0.25) is 10.0 Å². The van der Waals surface area contributed by atoms with Crippen LogP contribution in [0.3, 0.4) is 0 Å². The molecule has 0 aliphatic carbocycles. The van der Waals surface area contributed by atoms with E-state index in [1.54, 1.807) is 0 Å². The number of sulfonamides is 1. The average Bonchev–Trinajstić information content (AvgIpc) is 2.42. The van der Waals surface area contributed by atoms with E-state index in [9.17, 15) is 22.0 Å². The van der Waals surface area contributed by atoms with Crippen LogP contribution in [-0.2, 0) is 14.8 Å². The Kier molecular flexibility index (Phi) is 4.64. The third kappa shape index (κ3) is 3.24. The summed E-state index contributed by atoms with van der Waals surface area (Å²) >= 11 is 2.78. The van der Waals surface area contributed by atoms with Crippen LogP contribution in [-0.4, -0.2) is 36.9 Å². The van der Waals surface area contributed by atoms with Crippen molar-refractivity contribution in [2.24, 2.45) is 5.92 Å². The van der Waals surface area contributed by atoms with E-state index in [-0.39, 0.29) is 30.4 Å². The van der Waals surface area contributed by atoms with Crippen LogP contribution < -0.4 is 0 Å². The Morgan fingerprint density at radius 3 is 2.33 bits per heavy atom. The van der Waals surface area contributed by atoms with E-state index in [0.29, 0.717) is 6.07 Å². The van der Waals surface area contributed by atoms with Crippen molar-refractivity contribution in [3.63, 3.8) is 0 Å². The van der Waals surface area contributed by atoms with Crippen molar-refractivity contribution in [3.8, 4) is 0 Å². The number of carbonyl (C=O) groups is 1. The lowest BCUT2D eigenvalue weighted by atomic mass is 9.99. The third-order valence-corrected chi connectivity index (χ3v) is 5.92. The Hall–Kier alpha value is -1.06. The fraction of sp³-hybridized carbons (Fsp3) is 0.417. The average molecular weight is 384 g/mol. The molecule has 21 heavy (non-hydrogen) atoms. The second kappa shape index (κ2) is 5.98. The second-order valence-electron chi connectivity index (χ2n) is 4.71. The molecule has 0 radical (unpaired) electrons. The standard InChI is InChI=1S/C12H12BrF2NO4S/c13-8-5-10(15)11(6-9(8)14)21(19,20)16-3-1-7(2-4-16)12(17)18/h5-7H,1-4H2,(H,17,18). The number of hydrogen-bond donors (Lipinski definition) is 1. The number of piperidine rings is 1. The number of hydrogen-bond acceptors (Lipinski definition) is 3. The summed E-state index contributed by atoms with van der Waals surface area (Å²) in [7, 11) is -4.18. The minimum absolute atomic E-state index is 0.0313. The normalized spacial score (nSPS) is 17.9. The molecule has 1 heterocycles. The summed E-state index contributed by atoms with van der Waals surface area (Å²) in [5, 5.41) is 8.87. The van der Waals surface area contributed by atoms with Gasteiger partial charge in [0.15, 0.2) is 0 Å². The summed E-state index contributed by atoms with van der Waals surface area (Å²) in [6.07, 6.45) is 0.296. The molecular formula is C12H12BrF2NO4S. The summed E-state index contributed by atoms with van der Waals surface area (Å²) < 4.78 is 52.7. The minimum Gasteiger partial charge on any atom is -0.481 e. The SMILES string of the molecule is O=C(O)C1CCN(S(=O)(=O)c2cc(F)c(Br)cc2F)CC1. The molecule has 0 unspecified atom stereocenters. The van der Waals surface area contributed by atoms with Gasteiger partial charge in [-0.1, -0.05) is 0 Å². The Labute approximate surface area is 128 Å². The van der Waals surface area contributed by atoms with Gasteiger partial charge in [-0.25, -0.2) is 17.2 Å². The highest BCUT2D eigenvalue weighted by Crippen LogP contribution is 2.28. The zero-order valence-electron chi connectivity index (χ0n) is 10.7. The first kappa shape index (κ1) is 16.3. The van der Waals surface area contributed by atoms with E-state index in [1.807, 2.05) is 0 Å². The van der Waals surface area contributed by atoms with Gasteiger partial charge in [0.05, 0.1) is 10.4 Å². The van der Waals surface area contributed by atoms with Crippen LogP contribution in [0.25, 0.3) is 0 Å². The third-order valence-electron chi connectivity index (χ3n) is 3.40. The molecule has 0 spiro atoms. The van der Waals surface area contributed by atoms with Gasteiger partial charge < -0.3 is 5.11 Å².